The lowest BCUT2D eigenvalue weighted by Crippen LogP contribution is -2.13. The molecule has 0 aliphatic rings. The molecule has 6 nitrogen and oxygen atoms in total. The summed E-state index contributed by atoms with van der Waals surface area (Å²) >= 11 is 6.03. The average Bonchev–Trinajstić information content (AvgIpc) is 2.43. The molecule has 2 rings (SSSR count). The standard InChI is InChI=1S/C14H12ClN3O3/c1-8-3-2-4-10(15)13(8)17-14(19)9-5-6-11(16)12(7-9)18(20)21/h2-7H,16H2,1H3,(H,17,19). The van der Waals surface area contributed by atoms with E-state index in [0.717, 1.165) is 11.6 Å². The number of hydrogen-bond acceptors (Lipinski definition) is 4. The van der Waals surface area contributed by atoms with Gasteiger partial charge in [0.2, 0.25) is 0 Å². The van der Waals surface area contributed by atoms with E-state index in [9.17, 15) is 14.9 Å². The number of amides is 1. The number of carbonyl (C=O) groups excluding carboxylic acids is 1. The molecule has 0 aliphatic heterocycles. The van der Waals surface area contributed by atoms with Crippen molar-refractivity contribution < 1.29 is 9.72 Å². The molecule has 0 heterocycles. The number of nitrogens with one attached hydrogen (secondary N) is 1. The number of benzene rings is 2. The smallest absolute Gasteiger partial charge is 0.292 e. The van der Waals surface area contributed by atoms with Crippen LogP contribution in [0, 0.1) is 17.0 Å². The summed E-state index contributed by atoms with van der Waals surface area (Å²) in [5, 5.41) is 13.9. The van der Waals surface area contributed by atoms with Crippen molar-refractivity contribution >= 4 is 34.6 Å². The van der Waals surface area contributed by atoms with Crippen LogP contribution in [0.25, 0.3) is 0 Å². The largest absolute Gasteiger partial charge is 0.393 e. The highest BCUT2D eigenvalue weighted by atomic mass is 35.5. The van der Waals surface area contributed by atoms with Gasteiger partial charge in [-0.25, -0.2) is 0 Å². The van der Waals surface area contributed by atoms with Gasteiger partial charge >= 0.3 is 0 Å². The topological polar surface area (TPSA) is 98.3 Å². The Kier molecular flexibility index (Phi) is 4.09. The third kappa shape index (κ3) is 3.11. The van der Waals surface area contributed by atoms with Gasteiger partial charge in [0.1, 0.15) is 5.69 Å². The number of anilines is 2. The minimum absolute atomic E-state index is 0.00507. The number of carbonyl (C=O) groups is 1. The predicted octanol–water partition coefficient (Wildman–Crippen LogP) is 3.39. The first kappa shape index (κ1) is 14.8. The Balaban J connectivity index is 2.33. The van der Waals surface area contributed by atoms with Gasteiger partial charge < -0.3 is 11.1 Å². The Hall–Kier alpha value is -2.60. The van der Waals surface area contributed by atoms with Gasteiger partial charge in [0, 0.05) is 11.6 Å². The molecule has 0 aliphatic carbocycles. The molecule has 0 atom stereocenters. The fraction of sp³-hybridized carbons (Fsp3) is 0.0714. The van der Waals surface area contributed by atoms with E-state index < -0.39 is 10.8 Å². The molecule has 0 aromatic heterocycles. The first-order valence-corrected chi connectivity index (χ1v) is 6.38. The van der Waals surface area contributed by atoms with Gasteiger partial charge in [-0.2, -0.15) is 0 Å². The second-order valence-electron chi connectivity index (χ2n) is 4.42. The number of rotatable bonds is 3. The molecule has 0 unspecified atom stereocenters. The van der Waals surface area contributed by atoms with E-state index in [4.69, 9.17) is 17.3 Å². The molecular weight excluding hydrogens is 294 g/mol. The summed E-state index contributed by atoms with van der Waals surface area (Å²) in [6, 6.07) is 9.09. The number of nitro groups is 1. The van der Waals surface area contributed by atoms with Crippen LogP contribution in [-0.4, -0.2) is 10.8 Å². The van der Waals surface area contributed by atoms with Gasteiger partial charge in [-0.3, -0.25) is 14.9 Å². The van der Waals surface area contributed by atoms with Crippen molar-refractivity contribution in [2.75, 3.05) is 11.1 Å². The maximum Gasteiger partial charge on any atom is 0.292 e. The molecule has 0 radical (unpaired) electrons. The van der Waals surface area contributed by atoms with Crippen LogP contribution < -0.4 is 11.1 Å². The van der Waals surface area contributed by atoms with Crippen LogP contribution in [0.3, 0.4) is 0 Å². The number of nitrogens with zero attached hydrogens (tertiary/aromatic N) is 1. The third-order valence-electron chi connectivity index (χ3n) is 2.95. The fourth-order valence-corrected chi connectivity index (χ4v) is 2.09. The monoisotopic (exact) mass is 305 g/mol. The number of nitro benzene ring substituents is 1. The quantitative estimate of drug-likeness (QED) is 0.516. The summed E-state index contributed by atoms with van der Waals surface area (Å²) in [5.41, 5.74) is 6.60. The summed E-state index contributed by atoms with van der Waals surface area (Å²) in [4.78, 5) is 22.4. The molecule has 7 heteroatoms. The van der Waals surface area contributed by atoms with Gasteiger partial charge in [0.15, 0.2) is 0 Å². The van der Waals surface area contributed by atoms with Crippen molar-refractivity contribution in [2.45, 2.75) is 6.92 Å². The molecule has 2 aromatic rings. The Morgan fingerprint density at radius 1 is 1.33 bits per heavy atom. The van der Waals surface area contributed by atoms with Crippen molar-refractivity contribution in [3.63, 3.8) is 0 Å². The molecule has 108 valence electrons. The van der Waals surface area contributed by atoms with E-state index in [-0.39, 0.29) is 16.9 Å². The lowest BCUT2D eigenvalue weighted by molar-refractivity contribution is -0.383. The third-order valence-corrected chi connectivity index (χ3v) is 3.26. The van der Waals surface area contributed by atoms with E-state index in [2.05, 4.69) is 5.32 Å². The zero-order valence-electron chi connectivity index (χ0n) is 11.1. The molecule has 0 spiro atoms. The number of halogens is 1. The van der Waals surface area contributed by atoms with E-state index >= 15 is 0 Å². The maximum atomic E-state index is 12.2. The normalized spacial score (nSPS) is 10.2. The Bertz CT molecular complexity index is 711. The van der Waals surface area contributed by atoms with Crippen LogP contribution >= 0.6 is 11.6 Å². The number of para-hydroxylation sites is 1. The highest BCUT2D eigenvalue weighted by Crippen LogP contribution is 2.27. The minimum Gasteiger partial charge on any atom is -0.393 e. The molecule has 2 aromatic carbocycles. The average molecular weight is 306 g/mol. The first-order chi connectivity index (χ1) is 9.90. The number of aryl methyl sites for hydroxylation is 1. The second-order valence-corrected chi connectivity index (χ2v) is 4.82. The molecule has 3 N–H and O–H groups in total. The summed E-state index contributed by atoms with van der Waals surface area (Å²) in [6.07, 6.45) is 0. The fourth-order valence-electron chi connectivity index (χ4n) is 1.82. The zero-order valence-corrected chi connectivity index (χ0v) is 11.8. The first-order valence-electron chi connectivity index (χ1n) is 6.00. The second kappa shape index (κ2) is 5.80. The van der Waals surface area contributed by atoms with E-state index in [1.54, 1.807) is 25.1 Å². The van der Waals surface area contributed by atoms with Gasteiger partial charge in [-0.15, -0.1) is 0 Å². The highest BCUT2D eigenvalue weighted by Gasteiger charge is 2.16. The van der Waals surface area contributed by atoms with E-state index in [1.165, 1.54) is 12.1 Å². The lowest BCUT2D eigenvalue weighted by atomic mass is 10.1. The zero-order chi connectivity index (χ0) is 15.6. The van der Waals surface area contributed by atoms with Gasteiger partial charge in [0.05, 0.1) is 15.6 Å². The number of hydrogen-bond donors (Lipinski definition) is 2. The molecule has 0 saturated heterocycles. The molecule has 0 bridgehead atoms. The Labute approximate surface area is 125 Å². The van der Waals surface area contributed by atoms with Crippen LogP contribution in [0.1, 0.15) is 15.9 Å². The number of nitrogen functional groups attached to an aromatic ring is 1. The van der Waals surface area contributed by atoms with Crippen LogP contribution in [0.5, 0.6) is 0 Å². The minimum atomic E-state index is -0.632. The Morgan fingerprint density at radius 2 is 2.05 bits per heavy atom. The van der Waals surface area contributed by atoms with Crippen molar-refractivity contribution in [3.05, 3.63) is 62.7 Å². The van der Waals surface area contributed by atoms with Crippen molar-refractivity contribution in [1.29, 1.82) is 0 Å². The predicted molar refractivity (Wildman–Crippen MR) is 81.7 cm³/mol. The van der Waals surface area contributed by atoms with Crippen LogP contribution in [0.15, 0.2) is 36.4 Å². The van der Waals surface area contributed by atoms with Crippen LogP contribution in [-0.2, 0) is 0 Å². The van der Waals surface area contributed by atoms with Gasteiger partial charge in [0.25, 0.3) is 11.6 Å². The van der Waals surface area contributed by atoms with Gasteiger partial charge in [-0.05, 0) is 30.7 Å². The van der Waals surface area contributed by atoms with Crippen molar-refractivity contribution in [3.8, 4) is 0 Å². The van der Waals surface area contributed by atoms with Gasteiger partial charge in [-0.1, -0.05) is 23.7 Å². The highest BCUT2D eigenvalue weighted by molar-refractivity contribution is 6.34. The summed E-state index contributed by atoms with van der Waals surface area (Å²) in [5.74, 6) is -0.491. The van der Waals surface area contributed by atoms with Crippen LogP contribution in [0.2, 0.25) is 5.02 Å². The number of nitrogens with two attached hydrogens (primary N) is 1. The summed E-state index contributed by atoms with van der Waals surface area (Å²) in [6.45, 7) is 1.80. The molecule has 0 fully saturated rings. The van der Waals surface area contributed by atoms with E-state index in [1.807, 2.05) is 0 Å². The molecule has 1 amide bonds. The van der Waals surface area contributed by atoms with Crippen LogP contribution in [0.4, 0.5) is 17.1 Å². The molecule has 0 saturated carbocycles. The lowest BCUT2D eigenvalue weighted by Gasteiger charge is -2.10. The molecule has 21 heavy (non-hydrogen) atoms. The SMILES string of the molecule is Cc1cccc(Cl)c1NC(=O)c1ccc(N)c([N+](=O)[O-])c1. The molecular formula is C14H12ClN3O3. The summed E-state index contributed by atoms with van der Waals surface area (Å²) in [7, 11) is 0. The summed E-state index contributed by atoms with van der Waals surface area (Å²) < 4.78 is 0. The van der Waals surface area contributed by atoms with Crippen molar-refractivity contribution in [2.24, 2.45) is 0 Å². The Morgan fingerprint density at radius 3 is 2.67 bits per heavy atom. The van der Waals surface area contributed by atoms with E-state index in [0.29, 0.717) is 10.7 Å². The van der Waals surface area contributed by atoms with Crippen molar-refractivity contribution in [1.82, 2.24) is 0 Å². The maximum absolute atomic E-state index is 12.2.